The number of anilines is 2. The molecule has 0 radical (unpaired) electrons. The number of rotatable bonds is 8. The van der Waals surface area contributed by atoms with Crippen LogP contribution >= 0.6 is 0 Å². The van der Waals surface area contributed by atoms with Crippen LogP contribution in [0.1, 0.15) is 19.0 Å². The van der Waals surface area contributed by atoms with Gasteiger partial charge in [0.15, 0.2) is 5.43 Å². The Kier molecular flexibility index (Phi) is 6.40. The van der Waals surface area contributed by atoms with Crippen molar-refractivity contribution in [3.8, 4) is 11.6 Å². The summed E-state index contributed by atoms with van der Waals surface area (Å²) in [7, 11) is 0. The molecule has 0 fully saturated rings. The molecule has 0 aliphatic rings. The van der Waals surface area contributed by atoms with Crippen molar-refractivity contribution in [2.45, 2.75) is 20.3 Å². The van der Waals surface area contributed by atoms with Crippen LogP contribution in [0.2, 0.25) is 0 Å². The smallest absolute Gasteiger partial charge is 0.271 e. The maximum absolute atomic E-state index is 13.2. The lowest BCUT2D eigenvalue weighted by atomic mass is 10.1. The van der Waals surface area contributed by atoms with E-state index in [-0.39, 0.29) is 33.9 Å². The lowest BCUT2D eigenvalue weighted by Crippen LogP contribution is -2.15. The molecule has 2 heterocycles. The van der Waals surface area contributed by atoms with Crippen molar-refractivity contribution in [3.63, 3.8) is 0 Å². The van der Waals surface area contributed by atoms with Gasteiger partial charge in [-0.2, -0.15) is 0 Å². The van der Waals surface area contributed by atoms with E-state index >= 15 is 0 Å². The van der Waals surface area contributed by atoms with Gasteiger partial charge in [-0.15, -0.1) is 0 Å². The minimum atomic E-state index is -0.522. The SMILES string of the molecule is CCCOc1nc(C)cc2c1c(=O)cc(Nc1cccc([N+](=O)[O-])c1)n2-c1cccc([N+](=O)[O-])c1. The third-order valence-electron chi connectivity index (χ3n) is 5.16. The van der Waals surface area contributed by atoms with Gasteiger partial charge in [0.2, 0.25) is 5.88 Å². The zero-order valence-electron chi connectivity index (χ0n) is 18.9. The highest BCUT2D eigenvalue weighted by Gasteiger charge is 2.19. The summed E-state index contributed by atoms with van der Waals surface area (Å²) in [6.45, 7) is 4.04. The predicted octanol–water partition coefficient (Wildman–Crippen LogP) is 5.04. The van der Waals surface area contributed by atoms with E-state index in [1.807, 2.05) is 6.92 Å². The number of hydrogen-bond acceptors (Lipinski definition) is 8. The summed E-state index contributed by atoms with van der Waals surface area (Å²) in [6, 6.07) is 14.8. The molecule has 11 heteroatoms. The molecule has 0 aliphatic carbocycles. The Labute approximate surface area is 198 Å². The number of nitro groups is 2. The molecule has 0 bridgehead atoms. The van der Waals surface area contributed by atoms with Crippen LogP contribution in [0.5, 0.6) is 5.88 Å². The Hall–Kier alpha value is -4.80. The van der Waals surface area contributed by atoms with Gasteiger partial charge in [-0.05, 0) is 31.5 Å². The van der Waals surface area contributed by atoms with Crippen molar-refractivity contribution in [2.24, 2.45) is 0 Å². The first kappa shape index (κ1) is 23.4. The average molecular weight is 475 g/mol. The standard InChI is InChI=1S/C24H21N5O6/c1-3-10-35-24-23-20(11-15(2)25-24)27(17-7-5-9-19(13-17)29(33)34)22(14-21(23)30)26-16-6-4-8-18(12-16)28(31)32/h4-9,11-14,26H,3,10H2,1-2H3. The lowest BCUT2D eigenvalue weighted by molar-refractivity contribution is -0.385. The highest BCUT2D eigenvalue weighted by Crippen LogP contribution is 2.31. The van der Waals surface area contributed by atoms with Crippen LogP contribution in [-0.4, -0.2) is 26.0 Å². The monoisotopic (exact) mass is 475 g/mol. The number of aromatic nitrogens is 2. The van der Waals surface area contributed by atoms with E-state index in [0.717, 1.165) is 0 Å². The minimum absolute atomic E-state index is 0.129. The highest BCUT2D eigenvalue weighted by atomic mass is 16.6. The second-order valence-corrected chi connectivity index (χ2v) is 7.75. The second kappa shape index (κ2) is 9.59. The van der Waals surface area contributed by atoms with Crippen LogP contribution in [-0.2, 0) is 0 Å². The van der Waals surface area contributed by atoms with E-state index in [1.165, 1.54) is 42.5 Å². The molecule has 11 nitrogen and oxygen atoms in total. The molecule has 0 saturated carbocycles. The molecule has 0 aliphatic heterocycles. The molecule has 1 N–H and O–H groups in total. The first-order chi connectivity index (χ1) is 16.8. The Morgan fingerprint density at radius 1 is 1.00 bits per heavy atom. The summed E-state index contributed by atoms with van der Waals surface area (Å²) in [5.41, 5.74) is 1.13. The largest absolute Gasteiger partial charge is 0.477 e. The minimum Gasteiger partial charge on any atom is -0.477 e. The summed E-state index contributed by atoms with van der Waals surface area (Å²) in [5, 5.41) is 25.9. The molecule has 0 saturated heterocycles. The Morgan fingerprint density at radius 2 is 1.69 bits per heavy atom. The Morgan fingerprint density at radius 3 is 2.37 bits per heavy atom. The van der Waals surface area contributed by atoms with Crippen molar-refractivity contribution in [1.82, 2.24) is 9.55 Å². The van der Waals surface area contributed by atoms with E-state index < -0.39 is 9.85 Å². The molecular formula is C24H21N5O6. The Balaban J connectivity index is 2.02. The lowest BCUT2D eigenvalue weighted by Gasteiger charge is -2.19. The van der Waals surface area contributed by atoms with Crippen molar-refractivity contribution >= 4 is 33.8 Å². The maximum atomic E-state index is 13.2. The number of nitro benzene ring substituents is 2. The average Bonchev–Trinajstić information content (AvgIpc) is 2.82. The number of nitrogens with one attached hydrogen (secondary N) is 1. The van der Waals surface area contributed by atoms with Crippen molar-refractivity contribution in [3.05, 3.63) is 96.8 Å². The van der Waals surface area contributed by atoms with Gasteiger partial charge >= 0.3 is 0 Å². The fourth-order valence-electron chi connectivity index (χ4n) is 3.69. The summed E-state index contributed by atoms with van der Waals surface area (Å²) in [6.07, 6.45) is 0.711. The van der Waals surface area contributed by atoms with Crippen LogP contribution < -0.4 is 15.5 Å². The van der Waals surface area contributed by atoms with Crippen molar-refractivity contribution in [1.29, 1.82) is 0 Å². The summed E-state index contributed by atoms with van der Waals surface area (Å²) in [5.74, 6) is 0.434. The summed E-state index contributed by atoms with van der Waals surface area (Å²) < 4.78 is 7.39. The first-order valence-electron chi connectivity index (χ1n) is 10.7. The number of non-ortho nitro benzene ring substituents is 2. The normalized spacial score (nSPS) is 10.8. The van der Waals surface area contributed by atoms with Gasteiger partial charge in [0, 0.05) is 41.7 Å². The molecule has 0 unspecified atom stereocenters. The summed E-state index contributed by atoms with van der Waals surface area (Å²) >= 11 is 0. The first-order valence-corrected chi connectivity index (χ1v) is 10.7. The van der Waals surface area contributed by atoms with Gasteiger partial charge in [0.1, 0.15) is 11.2 Å². The van der Waals surface area contributed by atoms with Gasteiger partial charge in [-0.25, -0.2) is 4.98 Å². The number of nitrogens with zero attached hydrogens (tertiary/aromatic N) is 4. The molecule has 178 valence electrons. The van der Waals surface area contributed by atoms with Gasteiger partial charge in [0.25, 0.3) is 11.4 Å². The molecule has 4 aromatic rings. The second-order valence-electron chi connectivity index (χ2n) is 7.75. The van der Waals surface area contributed by atoms with Crippen LogP contribution in [0.3, 0.4) is 0 Å². The van der Waals surface area contributed by atoms with Crippen LogP contribution in [0.4, 0.5) is 22.9 Å². The fraction of sp³-hybridized carbons (Fsp3) is 0.167. The van der Waals surface area contributed by atoms with Gasteiger partial charge in [-0.1, -0.05) is 19.1 Å². The maximum Gasteiger partial charge on any atom is 0.271 e. The molecule has 35 heavy (non-hydrogen) atoms. The molecule has 0 atom stereocenters. The molecular weight excluding hydrogens is 454 g/mol. The molecule has 2 aromatic heterocycles. The summed E-state index contributed by atoms with van der Waals surface area (Å²) in [4.78, 5) is 39.2. The van der Waals surface area contributed by atoms with Crippen molar-refractivity contribution < 1.29 is 14.6 Å². The van der Waals surface area contributed by atoms with Crippen LogP contribution in [0, 0.1) is 27.2 Å². The van der Waals surface area contributed by atoms with E-state index in [2.05, 4.69) is 10.3 Å². The molecule has 0 amide bonds. The quantitative estimate of drug-likeness (QED) is 0.276. The van der Waals surface area contributed by atoms with Crippen LogP contribution in [0.15, 0.2) is 65.5 Å². The topological polar surface area (TPSA) is 142 Å². The zero-order valence-corrected chi connectivity index (χ0v) is 18.9. The third kappa shape index (κ3) is 4.78. The number of ether oxygens (including phenoxy) is 1. The van der Waals surface area contributed by atoms with Crippen molar-refractivity contribution in [2.75, 3.05) is 11.9 Å². The van der Waals surface area contributed by atoms with E-state index in [9.17, 15) is 25.0 Å². The van der Waals surface area contributed by atoms with E-state index in [0.29, 0.717) is 35.6 Å². The number of fused-ring (bicyclic) bond motifs is 1. The number of benzene rings is 2. The molecule has 4 rings (SSSR count). The predicted molar refractivity (Wildman–Crippen MR) is 131 cm³/mol. The zero-order chi connectivity index (χ0) is 25.1. The number of aryl methyl sites for hydroxylation is 1. The number of hydrogen-bond donors (Lipinski definition) is 1. The molecule has 2 aromatic carbocycles. The van der Waals surface area contributed by atoms with Gasteiger partial charge in [-0.3, -0.25) is 29.6 Å². The number of pyridine rings is 2. The third-order valence-corrected chi connectivity index (χ3v) is 5.16. The van der Waals surface area contributed by atoms with Gasteiger partial charge < -0.3 is 10.1 Å². The fourth-order valence-corrected chi connectivity index (χ4v) is 3.69. The van der Waals surface area contributed by atoms with Gasteiger partial charge in [0.05, 0.1) is 27.7 Å². The van der Waals surface area contributed by atoms with E-state index in [4.69, 9.17) is 4.74 Å². The van der Waals surface area contributed by atoms with E-state index in [1.54, 1.807) is 29.7 Å². The highest BCUT2D eigenvalue weighted by molar-refractivity contribution is 5.88. The Bertz CT molecular complexity index is 1510. The van der Waals surface area contributed by atoms with Crippen LogP contribution in [0.25, 0.3) is 16.6 Å². The molecule has 0 spiro atoms.